The van der Waals surface area contributed by atoms with Crippen molar-refractivity contribution in [2.75, 3.05) is 0 Å². The average Bonchev–Trinajstić information content (AvgIpc) is 2.83. The zero-order valence-electron chi connectivity index (χ0n) is 11.2. The predicted molar refractivity (Wildman–Crippen MR) is 74.1 cm³/mol. The molecule has 0 amide bonds. The van der Waals surface area contributed by atoms with Crippen molar-refractivity contribution < 1.29 is 9.50 Å². The van der Waals surface area contributed by atoms with Crippen LogP contribution < -0.4 is 0 Å². The quantitative estimate of drug-likeness (QED) is 0.779. The van der Waals surface area contributed by atoms with Crippen LogP contribution >= 0.6 is 0 Å². The minimum atomic E-state index is -0.989. The summed E-state index contributed by atoms with van der Waals surface area (Å²) in [6, 6.07) is 6.63. The van der Waals surface area contributed by atoms with Crippen LogP contribution in [0.15, 0.2) is 42.9 Å². The van der Waals surface area contributed by atoms with E-state index in [9.17, 15) is 9.50 Å². The Morgan fingerprint density at radius 1 is 1.20 bits per heavy atom. The third-order valence-electron chi connectivity index (χ3n) is 3.24. The fourth-order valence-corrected chi connectivity index (χ4v) is 2.10. The molecule has 2 aromatic heterocycles. The zero-order chi connectivity index (χ0) is 14.3. The lowest BCUT2D eigenvalue weighted by Crippen LogP contribution is -2.16. The summed E-state index contributed by atoms with van der Waals surface area (Å²) < 4.78 is 15.3. The second-order valence-corrected chi connectivity index (χ2v) is 5.22. The van der Waals surface area contributed by atoms with Gasteiger partial charge in [0.2, 0.25) is 0 Å². The fourth-order valence-electron chi connectivity index (χ4n) is 2.10. The molecule has 0 aliphatic rings. The molecule has 0 saturated carbocycles. The van der Waals surface area contributed by atoms with E-state index in [1.54, 1.807) is 49.1 Å². The molecule has 2 heterocycles. The monoisotopic (exact) mass is 271 g/mol. The molecular weight excluding hydrogens is 257 g/mol. The van der Waals surface area contributed by atoms with Crippen LogP contribution in [0.3, 0.4) is 0 Å². The molecule has 3 rings (SSSR count). The van der Waals surface area contributed by atoms with Gasteiger partial charge in [-0.1, -0.05) is 6.07 Å². The van der Waals surface area contributed by atoms with Gasteiger partial charge in [-0.2, -0.15) is 5.10 Å². The van der Waals surface area contributed by atoms with Gasteiger partial charge in [-0.05, 0) is 32.0 Å². The molecule has 20 heavy (non-hydrogen) atoms. The van der Waals surface area contributed by atoms with Crippen LogP contribution in [0.5, 0.6) is 0 Å². The molecule has 4 nitrogen and oxygen atoms in total. The molecule has 0 atom stereocenters. The summed E-state index contributed by atoms with van der Waals surface area (Å²) in [5, 5.41) is 14.7. The van der Waals surface area contributed by atoms with E-state index >= 15 is 0 Å². The van der Waals surface area contributed by atoms with Crippen molar-refractivity contribution in [2.24, 2.45) is 0 Å². The van der Waals surface area contributed by atoms with Gasteiger partial charge in [0.1, 0.15) is 5.82 Å². The van der Waals surface area contributed by atoms with Gasteiger partial charge in [-0.25, -0.2) is 9.07 Å². The maximum atomic E-state index is 13.7. The second-order valence-electron chi connectivity index (χ2n) is 5.22. The summed E-state index contributed by atoms with van der Waals surface area (Å²) >= 11 is 0. The highest BCUT2D eigenvalue weighted by molar-refractivity contribution is 5.80. The van der Waals surface area contributed by atoms with Crippen molar-refractivity contribution in [1.29, 1.82) is 0 Å². The maximum absolute atomic E-state index is 13.7. The van der Waals surface area contributed by atoms with Crippen LogP contribution in [-0.2, 0) is 5.60 Å². The van der Waals surface area contributed by atoms with E-state index in [-0.39, 0.29) is 5.82 Å². The molecule has 0 bridgehead atoms. The highest BCUT2D eigenvalue weighted by atomic mass is 19.1. The van der Waals surface area contributed by atoms with Crippen molar-refractivity contribution in [2.45, 2.75) is 19.4 Å². The first kappa shape index (κ1) is 12.7. The molecule has 5 heteroatoms. The highest BCUT2D eigenvalue weighted by Gasteiger charge is 2.17. The predicted octanol–water partition coefficient (Wildman–Crippen LogP) is 2.79. The Hall–Kier alpha value is -2.27. The standard InChI is InChI=1S/C15H14FN3O/c1-15(2,20)10-6-11(8-17-7-10)19-14-5-3-4-13(16)12(14)9-18-19/h3-9,20H,1-2H3. The Morgan fingerprint density at radius 3 is 2.75 bits per heavy atom. The van der Waals surface area contributed by atoms with Gasteiger partial charge in [0, 0.05) is 11.8 Å². The number of rotatable bonds is 2. The second kappa shape index (κ2) is 4.38. The SMILES string of the molecule is CC(C)(O)c1cncc(-n2ncc3c(F)cccc32)c1. The topological polar surface area (TPSA) is 50.9 Å². The summed E-state index contributed by atoms with van der Waals surface area (Å²) in [7, 11) is 0. The van der Waals surface area contributed by atoms with E-state index in [4.69, 9.17) is 0 Å². The minimum absolute atomic E-state index is 0.305. The van der Waals surface area contributed by atoms with E-state index < -0.39 is 5.60 Å². The molecule has 0 saturated heterocycles. The van der Waals surface area contributed by atoms with E-state index in [1.807, 2.05) is 0 Å². The van der Waals surface area contributed by atoms with Crippen LogP contribution in [0.25, 0.3) is 16.6 Å². The lowest BCUT2D eigenvalue weighted by atomic mass is 10.0. The van der Waals surface area contributed by atoms with E-state index in [2.05, 4.69) is 10.1 Å². The summed E-state index contributed by atoms with van der Waals surface area (Å²) in [5.74, 6) is -0.305. The molecule has 102 valence electrons. The largest absolute Gasteiger partial charge is 0.386 e. The number of pyridine rings is 1. The summed E-state index contributed by atoms with van der Waals surface area (Å²) in [5.41, 5.74) is 1.04. The normalized spacial score (nSPS) is 12.0. The van der Waals surface area contributed by atoms with Crippen LogP contribution in [0, 0.1) is 5.82 Å². The van der Waals surface area contributed by atoms with Crippen LogP contribution in [-0.4, -0.2) is 19.9 Å². The number of nitrogens with zero attached hydrogens (tertiary/aromatic N) is 3. The Labute approximate surface area is 115 Å². The fraction of sp³-hybridized carbons (Fsp3) is 0.200. The van der Waals surface area contributed by atoms with Crippen molar-refractivity contribution in [1.82, 2.24) is 14.8 Å². The molecular formula is C15H14FN3O. The Balaban J connectivity index is 2.19. The molecule has 3 aromatic rings. The smallest absolute Gasteiger partial charge is 0.134 e. The molecule has 0 spiro atoms. The first-order chi connectivity index (χ1) is 9.47. The van der Waals surface area contributed by atoms with Crippen molar-refractivity contribution >= 4 is 10.9 Å². The zero-order valence-corrected chi connectivity index (χ0v) is 11.2. The molecule has 1 aromatic carbocycles. The van der Waals surface area contributed by atoms with Gasteiger partial charge in [0.25, 0.3) is 0 Å². The van der Waals surface area contributed by atoms with Gasteiger partial charge < -0.3 is 5.11 Å². The third-order valence-corrected chi connectivity index (χ3v) is 3.24. The van der Waals surface area contributed by atoms with E-state index in [1.165, 1.54) is 12.3 Å². The Morgan fingerprint density at radius 2 is 2.00 bits per heavy atom. The molecule has 0 aliphatic carbocycles. The first-order valence-corrected chi connectivity index (χ1v) is 6.27. The van der Waals surface area contributed by atoms with Gasteiger partial charge in [0.05, 0.1) is 34.6 Å². The number of fused-ring (bicyclic) bond motifs is 1. The number of halogens is 1. The molecule has 0 radical (unpaired) electrons. The summed E-state index contributed by atoms with van der Waals surface area (Å²) in [6.07, 6.45) is 4.73. The Bertz CT molecular complexity index is 774. The van der Waals surface area contributed by atoms with Crippen LogP contribution in [0.4, 0.5) is 4.39 Å². The molecule has 0 unspecified atom stereocenters. The highest BCUT2D eigenvalue weighted by Crippen LogP contribution is 2.24. The van der Waals surface area contributed by atoms with Crippen molar-refractivity contribution in [3.05, 3.63) is 54.2 Å². The number of aromatic nitrogens is 3. The lowest BCUT2D eigenvalue weighted by molar-refractivity contribution is 0.0782. The minimum Gasteiger partial charge on any atom is -0.386 e. The number of benzene rings is 1. The first-order valence-electron chi connectivity index (χ1n) is 6.27. The van der Waals surface area contributed by atoms with Gasteiger partial charge in [-0.3, -0.25) is 4.98 Å². The third kappa shape index (κ3) is 2.06. The number of hydrogen-bond acceptors (Lipinski definition) is 3. The lowest BCUT2D eigenvalue weighted by Gasteiger charge is -2.18. The van der Waals surface area contributed by atoms with E-state index in [0.29, 0.717) is 22.2 Å². The number of hydrogen-bond donors (Lipinski definition) is 1. The van der Waals surface area contributed by atoms with Gasteiger partial charge in [-0.15, -0.1) is 0 Å². The maximum Gasteiger partial charge on any atom is 0.134 e. The molecule has 0 fully saturated rings. The molecule has 0 aliphatic heterocycles. The molecule has 1 N–H and O–H groups in total. The van der Waals surface area contributed by atoms with Crippen LogP contribution in [0.2, 0.25) is 0 Å². The van der Waals surface area contributed by atoms with Crippen molar-refractivity contribution in [3.8, 4) is 5.69 Å². The van der Waals surface area contributed by atoms with E-state index in [0.717, 1.165) is 0 Å². The summed E-state index contributed by atoms with van der Waals surface area (Å²) in [6.45, 7) is 3.38. The summed E-state index contributed by atoms with van der Waals surface area (Å²) in [4.78, 5) is 4.12. The Kier molecular flexibility index (Phi) is 2.79. The van der Waals surface area contributed by atoms with Gasteiger partial charge in [0.15, 0.2) is 0 Å². The average molecular weight is 271 g/mol. The van der Waals surface area contributed by atoms with Crippen LogP contribution in [0.1, 0.15) is 19.4 Å². The van der Waals surface area contributed by atoms with Gasteiger partial charge >= 0.3 is 0 Å². The number of aliphatic hydroxyl groups is 1. The van der Waals surface area contributed by atoms with Crippen molar-refractivity contribution in [3.63, 3.8) is 0 Å².